The maximum absolute atomic E-state index is 6.22. The number of halogens is 1. The molecule has 1 aromatic carbocycles. The number of hydrogen-bond donors (Lipinski definition) is 0. The maximum atomic E-state index is 6.22. The molecule has 1 unspecified atom stereocenters. The van der Waals surface area contributed by atoms with E-state index in [9.17, 15) is 0 Å². The Kier molecular flexibility index (Phi) is 4.54. The van der Waals surface area contributed by atoms with Gasteiger partial charge in [0.15, 0.2) is 0 Å². The summed E-state index contributed by atoms with van der Waals surface area (Å²) in [5, 5.41) is 0. The predicted octanol–water partition coefficient (Wildman–Crippen LogP) is 3.65. The molecule has 1 rings (SSSR count). The lowest BCUT2D eigenvalue weighted by Gasteiger charge is -2.27. The first kappa shape index (κ1) is 11.1. The quantitative estimate of drug-likeness (QED) is 0.407. The number of rotatable bonds is 5. The minimum atomic E-state index is 0.0374. The molecule has 0 spiro atoms. The molecular formula is C12H16ClN. The van der Waals surface area contributed by atoms with Gasteiger partial charge in [-0.15, -0.1) is 6.58 Å². The molecule has 0 N–H and O–H groups in total. The fourth-order valence-corrected chi connectivity index (χ4v) is 1.55. The van der Waals surface area contributed by atoms with Crippen molar-refractivity contribution in [2.45, 2.75) is 18.8 Å². The average molecular weight is 210 g/mol. The van der Waals surface area contributed by atoms with E-state index >= 15 is 0 Å². The minimum absolute atomic E-state index is 0.0374. The molecule has 2 heteroatoms. The fourth-order valence-electron chi connectivity index (χ4n) is 1.36. The third-order valence-corrected chi connectivity index (χ3v) is 2.63. The fraction of sp³-hybridized carbons (Fsp3) is 0.333. The number of hydrogen-bond acceptors (Lipinski definition) is 1. The highest BCUT2D eigenvalue weighted by molar-refractivity contribution is 6.21. The van der Waals surface area contributed by atoms with Crippen LogP contribution in [0.2, 0.25) is 0 Å². The lowest BCUT2D eigenvalue weighted by Crippen LogP contribution is -2.30. The molecule has 1 nitrogen and oxygen atoms in total. The van der Waals surface area contributed by atoms with Crippen molar-refractivity contribution in [3.8, 4) is 0 Å². The molecule has 0 saturated carbocycles. The Labute approximate surface area is 91.0 Å². The molecule has 76 valence electrons. The van der Waals surface area contributed by atoms with E-state index in [2.05, 4.69) is 30.5 Å². The molecule has 1 atom stereocenters. The number of anilines is 1. The maximum Gasteiger partial charge on any atom is 0.104 e. The summed E-state index contributed by atoms with van der Waals surface area (Å²) in [4.78, 5) is 2.13. The van der Waals surface area contributed by atoms with Crippen LogP contribution in [-0.4, -0.2) is 12.0 Å². The van der Waals surface area contributed by atoms with Gasteiger partial charge in [-0.1, -0.05) is 42.8 Å². The molecule has 0 heterocycles. The van der Waals surface area contributed by atoms with Gasteiger partial charge in [-0.2, -0.15) is 0 Å². The van der Waals surface area contributed by atoms with Crippen molar-refractivity contribution in [3.05, 3.63) is 43.0 Å². The molecule has 14 heavy (non-hydrogen) atoms. The van der Waals surface area contributed by atoms with E-state index in [1.807, 2.05) is 24.3 Å². The van der Waals surface area contributed by atoms with Crippen LogP contribution in [0.15, 0.2) is 43.0 Å². The zero-order valence-electron chi connectivity index (χ0n) is 8.49. The van der Waals surface area contributed by atoms with Crippen molar-refractivity contribution >= 4 is 17.3 Å². The van der Waals surface area contributed by atoms with E-state index in [0.717, 1.165) is 18.7 Å². The first-order chi connectivity index (χ1) is 6.79. The van der Waals surface area contributed by atoms with Crippen LogP contribution >= 0.6 is 11.6 Å². The Balaban J connectivity index is 2.82. The smallest absolute Gasteiger partial charge is 0.104 e. The second kappa shape index (κ2) is 5.71. The number of benzene rings is 1. The van der Waals surface area contributed by atoms with E-state index < -0.39 is 0 Å². The summed E-state index contributed by atoms with van der Waals surface area (Å²) in [6.45, 7) is 6.61. The highest BCUT2D eigenvalue weighted by atomic mass is 35.5. The molecule has 0 aliphatic rings. The van der Waals surface area contributed by atoms with Crippen molar-refractivity contribution in [1.29, 1.82) is 0 Å². The van der Waals surface area contributed by atoms with Gasteiger partial charge >= 0.3 is 0 Å². The highest BCUT2D eigenvalue weighted by Gasteiger charge is 2.12. The third kappa shape index (κ3) is 2.78. The van der Waals surface area contributed by atoms with E-state index in [1.165, 1.54) is 0 Å². The van der Waals surface area contributed by atoms with Gasteiger partial charge in [-0.25, -0.2) is 0 Å². The topological polar surface area (TPSA) is 3.24 Å². The molecule has 0 fully saturated rings. The van der Waals surface area contributed by atoms with Crippen molar-refractivity contribution in [2.75, 3.05) is 11.4 Å². The molecule has 0 radical (unpaired) electrons. The number of alkyl halides is 1. The van der Waals surface area contributed by atoms with Gasteiger partial charge in [0, 0.05) is 12.2 Å². The normalized spacial score (nSPS) is 12.1. The number of nitrogens with zero attached hydrogens (tertiary/aromatic N) is 1. The summed E-state index contributed by atoms with van der Waals surface area (Å²) in [6.07, 6.45) is 2.79. The number of para-hydroxylation sites is 1. The van der Waals surface area contributed by atoms with Gasteiger partial charge in [0.25, 0.3) is 0 Å². The Morgan fingerprint density at radius 1 is 1.43 bits per heavy atom. The van der Waals surface area contributed by atoms with E-state index in [0.29, 0.717) is 0 Å². The van der Waals surface area contributed by atoms with Gasteiger partial charge in [0.2, 0.25) is 0 Å². The van der Waals surface area contributed by atoms with Crippen LogP contribution in [0.5, 0.6) is 0 Å². The van der Waals surface area contributed by atoms with Crippen LogP contribution in [0.1, 0.15) is 13.3 Å². The van der Waals surface area contributed by atoms with Crippen molar-refractivity contribution < 1.29 is 0 Å². The lowest BCUT2D eigenvalue weighted by atomic mass is 10.2. The van der Waals surface area contributed by atoms with Crippen LogP contribution in [0, 0.1) is 0 Å². The molecule has 0 aliphatic heterocycles. The van der Waals surface area contributed by atoms with Gasteiger partial charge in [0.1, 0.15) is 5.50 Å². The molecule has 1 aromatic rings. The summed E-state index contributed by atoms with van der Waals surface area (Å²) in [7, 11) is 0. The minimum Gasteiger partial charge on any atom is -0.351 e. The van der Waals surface area contributed by atoms with Gasteiger partial charge < -0.3 is 4.90 Å². The molecule has 0 aromatic heterocycles. The molecule has 0 bridgehead atoms. The standard InChI is InChI=1S/C12H16ClN/c1-3-10-14(12(13)4-2)11-8-6-5-7-9-11/h3,5-9,12H,1,4,10H2,2H3. The largest absolute Gasteiger partial charge is 0.351 e. The Morgan fingerprint density at radius 3 is 2.57 bits per heavy atom. The van der Waals surface area contributed by atoms with Crippen molar-refractivity contribution in [3.63, 3.8) is 0 Å². The molecule has 0 saturated heterocycles. The van der Waals surface area contributed by atoms with Gasteiger partial charge in [-0.3, -0.25) is 0 Å². The SMILES string of the molecule is C=CCN(c1ccccc1)C(Cl)CC. The van der Waals surface area contributed by atoms with Crippen LogP contribution in [0.3, 0.4) is 0 Å². The Morgan fingerprint density at radius 2 is 2.07 bits per heavy atom. The predicted molar refractivity (Wildman–Crippen MR) is 63.9 cm³/mol. The Bertz CT molecular complexity index is 271. The van der Waals surface area contributed by atoms with Crippen molar-refractivity contribution in [1.82, 2.24) is 0 Å². The summed E-state index contributed by atoms with van der Waals surface area (Å²) in [5.41, 5.74) is 1.18. The van der Waals surface area contributed by atoms with E-state index in [1.54, 1.807) is 0 Å². The summed E-state index contributed by atoms with van der Waals surface area (Å²) >= 11 is 6.22. The van der Waals surface area contributed by atoms with Crippen molar-refractivity contribution in [2.24, 2.45) is 0 Å². The highest BCUT2D eigenvalue weighted by Crippen LogP contribution is 2.19. The molecule has 0 amide bonds. The van der Waals surface area contributed by atoms with Crippen LogP contribution in [0.25, 0.3) is 0 Å². The molecule has 0 aliphatic carbocycles. The summed E-state index contributed by atoms with van der Waals surface area (Å²) in [5.74, 6) is 0. The summed E-state index contributed by atoms with van der Waals surface area (Å²) in [6, 6.07) is 10.2. The van der Waals surface area contributed by atoms with Crippen LogP contribution in [-0.2, 0) is 0 Å². The van der Waals surface area contributed by atoms with Gasteiger partial charge in [0.05, 0.1) is 0 Å². The Hall–Kier alpha value is -0.950. The first-order valence-corrected chi connectivity index (χ1v) is 5.30. The third-order valence-electron chi connectivity index (χ3n) is 2.09. The van der Waals surface area contributed by atoms with Gasteiger partial charge in [-0.05, 0) is 18.6 Å². The second-order valence-electron chi connectivity index (χ2n) is 3.12. The first-order valence-electron chi connectivity index (χ1n) is 4.86. The van der Waals surface area contributed by atoms with Crippen LogP contribution in [0.4, 0.5) is 5.69 Å². The molecular weight excluding hydrogens is 194 g/mol. The van der Waals surface area contributed by atoms with Crippen LogP contribution < -0.4 is 4.90 Å². The zero-order chi connectivity index (χ0) is 10.4. The van der Waals surface area contributed by atoms with E-state index in [-0.39, 0.29) is 5.50 Å². The average Bonchev–Trinajstić information content (AvgIpc) is 2.26. The lowest BCUT2D eigenvalue weighted by molar-refractivity contribution is 0.756. The second-order valence-corrected chi connectivity index (χ2v) is 3.62. The zero-order valence-corrected chi connectivity index (χ0v) is 9.24. The summed E-state index contributed by atoms with van der Waals surface area (Å²) < 4.78 is 0. The monoisotopic (exact) mass is 209 g/mol. The van der Waals surface area contributed by atoms with E-state index in [4.69, 9.17) is 11.6 Å².